The predicted molar refractivity (Wildman–Crippen MR) is 422 cm³/mol. The van der Waals surface area contributed by atoms with Crippen LogP contribution in [0.5, 0.6) is 0 Å². The summed E-state index contributed by atoms with van der Waals surface area (Å²) in [5, 5.41) is 47.8. The van der Waals surface area contributed by atoms with Gasteiger partial charge in [-0.2, -0.15) is 0 Å². The van der Waals surface area contributed by atoms with Gasteiger partial charge in [-0.1, -0.05) is 84.9 Å². The molecule has 36 nitrogen and oxygen atoms in total. The number of nitrogens with one attached hydrogen (secondary N) is 18. The van der Waals surface area contributed by atoms with Crippen molar-refractivity contribution in [2.75, 3.05) is 72.5 Å². The summed E-state index contributed by atoms with van der Waals surface area (Å²) < 4.78 is 0. The molecule has 4 rings (SSSR count). The Morgan fingerprint density at radius 1 is 0.383 bits per heavy atom. The third kappa shape index (κ3) is 39.7. The van der Waals surface area contributed by atoms with E-state index in [2.05, 4.69) is 123 Å². The number of ketones is 1. The Morgan fingerprint density at radius 3 is 1.10 bits per heavy atom. The zero-order valence-electron chi connectivity index (χ0n) is 64.3. The van der Waals surface area contributed by atoms with E-state index in [-0.39, 0.29) is 129 Å². The van der Waals surface area contributed by atoms with Gasteiger partial charge >= 0.3 is 48.2 Å². The number of H-pyrrole nitrogens is 2. The third-order valence-corrected chi connectivity index (χ3v) is 17.2. The number of benzene rings is 2. The molecule has 0 fully saturated rings. The number of hydrogen-bond acceptors (Lipinski definition) is 12. The maximum absolute atomic E-state index is 13.6. The first-order valence-electron chi connectivity index (χ1n) is 36.8. The predicted octanol–water partition coefficient (Wildman–Crippen LogP) is 2.57. The molecule has 598 valence electrons. The number of guanidine groups is 3. The van der Waals surface area contributed by atoms with Crippen molar-refractivity contribution in [3.05, 3.63) is 72.1 Å². The average molecular weight is 1500 g/mol. The van der Waals surface area contributed by atoms with Gasteiger partial charge in [-0.3, -0.25) is 15.0 Å². The van der Waals surface area contributed by atoms with E-state index in [0.29, 0.717) is 84.0 Å². The normalized spacial score (nSPS) is 13.2. The maximum Gasteiger partial charge on any atom is 0.315 e. The van der Waals surface area contributed by atoms with Crippen molar-refractivity contribution in [3.63, 3.8) is 0 Å². The van der Waals surface area contributed by atoms with Crippen molar-refractivity contribution < 1.29 is 43.2 Å². The Labute approximate surface area is 628 Å². The highest BCUT2D eigenvalue weighted by Crippen LogP contribution is 2.22. The summed E-state index contributed by atoms with van der Waals surface area (Å²) in [7, 11) is 1.49. The lowest BCUT2D eigenvalue weighted by Crippen LogP contribution is -2.56. The Morgan fingerprint density at radius 2 is 0.720 bits per heavy atom. The minimum atomic E-state index is -0.599. The molecule has 0 saturated carbocycles. The van der Waals surface area contributed by atoms with Crippen molar-refractivity contribution in [1.82, 2.24) is 95.0 Å². The van der Waals surface area contributed by atoms with Crippen LogP contribution in [-0.4, -0.2) is 203 Å². The molecular weight excluding hydrogens is 1370 g/mol. The number of aliphatic imine (C=N–C) groups is 3. The second kappa shape index (κ2) is 49.8. The number of nitrogens with two attached hydrogens (primary N) is 6. The molecule has 4 aromatic rings. The molecular formula is C71H125N27O9. The summed E-state index contributed by atoms with van der Waals surface area (Å²) >= 11 is 0. The van der Waals surface area contributed by atoms with Crippen molar-refractivity contribution in [2.24, 2.45) is 73.1 Å². The van der Waals surface area contributed by atoms with Gasteiger partial charge in [-0.05, 0) is 125 Å². The van der Waals surface area contributed by atoms with Crippen LogP contribution in [0.4, 0.5) is 38.4 Å². The van der Waals surface area contributed by atoms with Crippen LogP contribution in [0.2, 0.25) is 0 Å². The standard InChI is InChI=1S/C43H79N19O6.C28H46N8O3/c1-25(2)34(23-55-40(65)58-29(20-52-38(63)48-7)12-10-16-49-36(44)45)61-42(67)54-22-31(18-28-19-51-33-15-9-8-14-32(28)33)60-39(64)53-21-30(13-11-17-50-37(46)47)59-41(66)56-24-35(26(3)4)62-43(68)57-27(5)6;1-18(2)24(12-11-20(4)37)36-28(39)34-17-22(8-7-13-31-26(29)30)35-27(38)33-15-19(3)14-21-16-32-25-10-6-5-9-23(21)25/h8-9,14-15,19,25-27,29-31,34-35,51H,10-13,16-18,20-24H2,1-7H3,(H4,44,45,49)(H4,46,47,50)(H2,48,52,63)(H2,53,60,64)(H2,54,61,67)(H2,55,58,65)(H2,56,59,66)(H2,57,62,68);5-6,9-10,16,18-19,22,24,32H,7-8,11-15,17H2,1-4H3,(H4,29,30,31)(H2,33,35,38)(H2,34,36,39)/t29-,30-,31-,34+,35+;19-,22-,24+/m00/s1. The van der Waals surface area contributed by atoms with Crippen molar-refractivity contribution >= 4 is 93.7 Å². The number of fused-ring (bicyclic) bond motifs is 2. The molecule has 0 radical (unpaired) electrons. The van der Waals surface area contributed by atoms with Crippen molar-refractivity contribution in [3.8, 4) is 0 Å². The van der Waals surface area contributed by atoms with E-state index < -0.39 is 54.3 Å². The molecule has 2 aromatic carbocycles. The zero-order valence-corrected chi connectivity index (χ0v) is 64.3. The highest BCUT2D eigenvalue weighted by Gasteiger charge is 2.25. The average Bonchev–Trinajstić information content (AvgIpc) is 1.70. The van der Waals surface area contributed by atoms with Gasteiger partial charge in [0.15, 0.2) is 17.9 Å². The fourth-order valence-electron chi connectivity index (χ4n) is 11.1. The number of aromatic amines is 2. The third-order valence-electron chi connectivity index (χ3n) is 17.2. The number of carbonyl (C=O) groups is 9. The first-order valence-corrected chi connectivity index (χ1v) is 36.8. The quantitative estimate of drug-likeness (QED) is 0.0172. The number of rotatable bonds is 44. The highest BCUT2D eigenvalue weighted by molar-refractivity contribution is 5.85. The molecule has 30 N–H and O–H groups in total. The SMILES string of the molecule is CC(=O)CC[C@@H](NC(=O)NC[C@H](CCCN=C(N)N)NC(=O)NC[C@@H](C)Cc1c[nH]c2ccccc12)C(C)C.CNC(=O)NC[C@H](CCCN=C(N)N)NC(=O)NC[C@@H](NC(=O)NC[C@H](Cc1c[nH]c2ccccc12)NC(=O)NC[C@H](CCCN=C(N)N)NC(=O)NC[C@@H](NC(=O)NC(C)C)C(C)C)C(C)C. The van der Waals surface area contributed by atoms with E-state index in [1.165, 1.54) is 18.0 Å². The molecule has 8 atom stereocenters. The number of amides is 16. The van der Waals surface area contributed by atoms with E-state index >= 15 is 0 Å². The lowest BCUT2D eigenvalue weighted by Gasteiger charge is -2.26. The molecule has 16 amide bonds. The molecule has 0 bridgehead atoms. The van der Waals surface area contributed by atoms with Gasteiger partial charge < -0.3 is 134 Å². The van der Waals surface area contributed by atoms with E-state index in [0.717, 1.165) is 28.4 Å². The molecule has 0 aliphatic heterocycles. The topological polar surface area (TPSA) is 571 Å². The number of Topliss-reactive ketones (excluding diaryl/α,β-unsaturated/α-hetero) is 1. The fourth-order valence-corrected chi connectivity index (χ4v) is 11.1. The zero-order chi connectivity index (χ0) is 79.4. The Hall–Kier alpha value is -10.8. The summed E-state index contributed by atoms with van der Waals surface area (Å²) in [5.74, 6) is 0.338. The lowest BCUT2D eigenvalue weighted by atomic mass is 9.98. The molecule has 107 heavy (non-hydrogen) atoms. The smallest absolute Gasteiger partial charge is 0.315 e. The summed E-state index contributed by atoms with van der Waals surface area (Å²) in [4.78, 5) is 133. The molecule has 36 heteroatoms. The first-order chi connectivity index (χ1) is 50.8. The minimum Gasteiger partial charge on any atom is -0.370 e. The molecule has 0 unspecified atom stereocenters. The summed E-state index contributed by atoms with van der Waals surface area (Å²) in [6.45, 7) is 21.3. The molecule has 0 spiro atoms. The van der Waals surface area contributed by atoms with Gasteiger partial charge in [0.2, 0.25) is 0 Å². The van der Waals surface area contributed by atoms with Gasteiger partial charge in [0.1, 0.15) is 5.78 Å². The van der Waals surface area contributed by atoms with Crippen LogP contribution in [0.25, 0.3) is 21.8 Å². The minimum absolute atomic E-state index is 0.0178. The second-order valence-corrected chi connectivity index (χ2v) is 28.0. The van der Waals surface area contributed by atoms with E-state index in [1.807, 2.05) is 110 Å². The van der Waals surface area contributed by atoms with Gasteiger partial charge in [0.25, 0.3) is 0 Å². The number of nitrogens with zero attached hydrogens (tertiary/aromatic N) is 3. The van der Waals surface area contributed by atoms with Crippen LogP contribution in [0.1, 0.15) is 132 Å². The van der Waals surface area contributed by atoms with Crippen LogP contribution in [0.15, 0.2) is 75.9 Å². The second-order valence-electron chi connectivity index (χ2n) is 28.0. The Bertz CT molecular complexity index is 3450. The number of urea groups is 8. The van der Waals surface area contributed by atoms with Crippen molar-refractivity contribution in [2.45, 2.75) is 182 Å². The van der Waals surface area contributed by atoms with Gasteiger partial charge in [0, 0.05) is 143 Å². The van der Waals surface area contributed by atoms with Crippen LogP contribution < -0.4 is 119 Å². The largest absolute Gasteiger partial charge is 0.370 e. The summed E-state index contributed by atoms with van der Waals surface area (Å²) in [6, 6.07) is 9.58. The number of para-hydroxylation sites is 2. The van der Waals surface area contributed by atoms with Gasteiger partial charge in [-0.25, -0.2) is 38.4 Å². The maximum atomic E-state index is 13.6. The van der Waals surface area contributed by atoms with Crippen molar-refractivity contribution in [1.29, 1.82) is 0 Å². The molecule has 2 aromatic heterocycles. The lowest BCUT2D eigenvalue weighted by molar-refractivity contribution is -0.117. The summed E-state index contributed by atoms with van der Waals surface area (Å²) in [5.41, 5.74) is 36.8. The van der Waals surface area contributed by atoms with E-state index in [1.54, 1.807) is 6.92 Å². The summed E-state index contributed by atoms with van der Waals surface area (Å²) in [6.07, 6.45) is 9.19. The van der Waals surface area contributed by atoms with E-state index in [4.69, 9.17) is 34.4 Å². The number of carbonyl (C=O) groups excluding carboxylic acids is 9. The molecule has 0 aliphatic carbocycles. The van der Waals surface area contributed by atoms with E-state index in [9.17, 15) is 43.2 Å². The van der Waals surface area contributed by atoms with Gasteiger partial charge in [-0.15, -0.1) is 0 Å². The monoisotopic (exact) mass is 1500 g/mol. The molecule has 2 heterocycles. The first kappa shape index (κ1) is 90.4. The van der Waals surface area contributed by atoms with Crippen LogP contribution in [0.3, 0.4) is 0 Å². The molecule has 0 aliphatic rings. The Balaban J connectivity index is 0.000000642. The number of hydrogen-bond donors (Lipinski definition) is 24. The van der Waals surface area contributed by atoms with Gasteiger partial charge in [0.05, 0.1) is 18.1 Å². The van der Waals surface area contributed by atoms with Crippen LogP contribution >= 0.6 is 0 Å². The van der Waals surface area contributed by atoms with Crippen LogP contribution in [0, 0.1) is 23.7 Å². The highest BCUT2D eigenvalue weighted by atomic mass is 16.2. The fraction of sp³-hybridized carbons (Fsp3) is 0.606. The number of aromatic nitrogens is 2. The van der Waals surface area contributed by atoms with Crippen LogP contribution in [-0.2, 0) is 17.6 Å². The molecule has 0 saturated heterocycles. The Kier molecular flexibility index (Phi) is 42.1.